The highest BCUT2D eigenvalue weighted by atomic mass is 19.1. The molecule has 1 saturated carbocycles. The Morgan fingerprint density at radius 2 is 1.97 bits per heavy atom. The molecule has 0 aromatic rings. The van der Waals surface area contributed by atoms with Crippen molar-refractivity contribution in [3.05, 3.63) is 24.3 Å². The Morgan fingerprint density at radius 3 is 2.59 bits per heavy atom. The number of allylic oxidation sites excluding steroid dienone is 2. The number of esters is 1. The summed E-state index contributed by atoms with van der Waals surface area (Å²) in [7, 11) is 1.03. The lowest BCUT2D eigenvalue weighted by atomic mass is 9.84. The SMILES string of the molecule is C=C(CC=CC[C@@H]1C(=O)CC[C@]1(F)CCCCCCCC)C(F)(CO)C(=O)OC. The Balaban J connectivity index is 2.55. The number of carbonyl (C=O) groups excluding carboxylic acids is 2. The molecule has 0 radical (unpaired) electrons. The molecule has 0 heterocycles. The molecule has 0 aromatic carbocycles. The average molecular weight is 415 g/mol. The number of ketones is 1. The summed E-state index contributed by atoms with van der Waals surface area (Å²) in [5.74, 6) is -1.94. The molecule has 1 aliphatic carbocycles. The van der Waals surface area contributed by atoms with E-state index < -0.39 is 29.8 Å². The summed E-state index contributed by atoms with van der Waals surface area (Å²) in [6, 6.07) is 0. The first-order chi connectivity index (χ1) is 13.7. The van der Waals surface area contributed by atoms with E-state index in [9.17, 15) is 19.1 Å². The number of methoxy groups -OCH3 is 1. The number of Topliss-reactive ketones (excluding diaryl/α,β-unsaturated/α-hetero) is 1. The van der Waals surface area contributed by atoms with Gasteiger partial charge in [0, 0.05) is 6.42 Å². The molecule has 0 bridgehead atoms. The first kappa shape index (κ1) is 25.5. The summed E-state index contributed by atoms with van der Waals surface area (Å²) < 4.78 is 34.2. The number of hydrogen-bond donors (Lipinski definition) is 1. The van der Waals surface area contributed by atoms with Crippen molar-refractivity contribution in [1.82, 2.24) is 0 Å². The van der Waals surface area contributed by atoms with Crippen LogP contribution in [0.4, 0.5) is 8.78 Å². The predicted octanol–water partition coefficient (Wildman–Crippen LogP) is 5.19. The molecule has 0 aliphatic heterocycles. The van der Waals surface area contributed by atoms with Crippen LogP contribution in [-0.2, 0) is 14.3 Å². The molecule has 29 heavy (non-hydrogen) atoms. The molecule has 1 N–H and O–H groups in total. The fourth-order valence-electron chi connectivity index (χ4n) is 3.91. The van der Waals surface area contributed by atoms with E-state index in [2.05, 4.69) is 18.2 Å². The summed E-state index contributed by atoms with van der Waals surface area (Å²) in [6.45, 7) is 4.62. The first-order valence-electron chi connectivity index (χ1n) is 10.7. The van der Waals surface area contributed by atoms with E-state index in [1.807, 2.05) is 0 Å². The van der Waals surface area contributed by atoms with Crippen LogP contribution < -0.4 is 0 Å². The molecular formula is C23H36F2O4. The third-order valence-electron chi connectivity index (χ3n) is 5.94. The van der Waals surface area contributed by atoms with Crippen molar-refractivity contribution in [2.45, 2.75) is 88.9 Å². The zero-order valence-corrected chi connectivity index (χ0v) is 17.9. The minimum absolute atomic E-state index is 0.0101. The highest BCUT2D eigenvalue weighted by Gasteiger charge is 2.47. The van der Waals surface area contributed by atoms with Crippen molar-refractivity contribution < 1.29 is 28.2 Å². The van der Waals surface area contributed by atoms with Crippen LogP contribution in [0.3, 0.4) is 0 Å². The van der Waals surface area contributed by atoms with E-state index in [-0.39, 0.29) is 37.0 Å². The Morgan fingerprint density at radius 1 is 1.31 bits per heavy atom. The van der Waals surface area contributed by atoms with Gasteiger partial charge in [-0.25, -0.2) is 13.6 Å². The van der Waals surface area contributed by atoms with Crippen molar-refractivity contribution in [3.8, 4) is 0 Å². The Hall–Kier alpha value is -1.56. The first-order valence-corrected chi connectivity index (χ1v) is 10.7. The molecule has 166 valence electrons. The van der Waals surface area contributed by atoms with Crippen LogP contribution in [0.5, 0.6) is 0 Å². The number of hydrogen-bond acceptors (Lipinski definition) is 4. The fourth-order valence-corrected chi connectivity index (χ4v) is 3.91. The van der Waals surface area contributed by atoms with Crippen LogP contribution in [0.15, 0.2) is 24.3 Å². The summed E-state index contributed by atoms with van der Waals surface area (Å²) in [6.07, 6.45) is 10.8. The third-order valence-corrected chi connectivity index (χ3v) is 5.94. The lowest BCUT2D eigenvalue weighted by Crippen LogP contribution is -2.40. The molecule has 1 unspecified atom stereocenters. The van der Waals surface area contributed by atoms with Gasteiger partial charge in [0.15, 0.2) is 0 Å². The highest BCUT2D eigenvalue weighted by molar-refractivity contribution is 5.85. The largest absolute Gasteiger partial charge is 0.466 e. The maximum Gasteiger partial charge on any atom is 0.350 e. The lowest BCUT2D eigenvalue weighted by Gasteiger charge is -2.25. The standard InChI is InChI=1S/C23H36F2O4/c1-4-5-6-7-8-11-15-22(24)16-14-20(27)19(22)13-10-9-12-18(2)23(25,17-26)21(28)29-3/h9-10,19,26H,2,4-8,11-17H2,1,3H3/t19-,22-,23?/m1/s1. The second-order valence-electron chi connectivity index (χ2n) is 8.04. The smallest absolute Gasteiger partial charge is 0.350 e. The average Bonchev–Trinajstić information content (AvgIpc) is 3.00. The number of aliphatic hydroxyl groups excluding tert-OH is 1. The fraction of sp³-hybridized carbons (Fsp3) is 0.739. The van der Waals surface area contributed by atoms with E-state index >= 15 is 4.39 Å². The van der Waals surface area contributed by atoms with Gasteiger partial charge in [-0.3, -0.25) is 4.79 Å². The minimum atomic E-state index is -2.66. The second kappa shape index (κ2) is 12.2. The quantitative estimate of drug-likeness (QED) is 0.241. The number of rotatable bonds is 14. The van der Waals surface area contributed by atoms with Gasteiger partial charge in [0.1, 0.15) is 11.5 Å². The maximum absolute atomic E-state index is 15.4. The van der Waals surface area contributed by atoms with Gasteiger partial charge in [-0.05, 0) is 31.3 Å². The van der Waals surface area contributed by atoms with Crippen molar-refractivity contribution in [2.24, 2.45) is 5.92 Å². The molecule has 1 fully saturated rings. The molecule has 0 amide bonds. The molecule has 0 saturated heterocycles. The number of carbonyl (C=O) groups is 2. The van der Waals surface area contributed by atoms with Crippen molar-refractivity contribution in [2.75, 3.05) is 13.7 Å². The number of aliphatic hydroxyl groups is 1. The van der Waals surface area contributed by atoms with Crippen LogP contribution in [0.2, 0.25) is 0 Å². The third kappa shape index (κ3) is 7.02. The van der Waals surface area contributed by atoms with Gasteiger partial charge in [0.05, 0.1) is 19.6 Å². The second-order valence-corrected chi connectivity index (χ2v) is 8.04. The van der Waals surface area contributed by atoms with Gasteiger partial charge in [-0.2, -0.15) is 0 Å². The topological polar surface area (TPSA) is 63.6 Å². The van der Waals surface area contributed by atoms with Crippen LogP contribution in [0.1, 0.15) is 77.6 Å². The van der Waals surface area contributed by atoms with Gasteiger partial charge in [0.2, 0.25) is 0 Å². The Kier molecular flexibility index (Phi) is 10.7. The molecule has 4 nitrogen and oxygen atoms in total. The summed E-state index contributed by atoms with van der Waals surface area (Å²) in [5.41, 5.74) is -4.27. The number of ether oxygens (including phenoxy) is 1. The molecule has 0 aromatic heterocycles. The monoisotopic (exact) mass is 414 g/mol. The van der Waals surface area contributed by atoms with Gasteiger partial charge in [-0.1, -0.05) is 64.2 Å². The minimum Gasteiger partial charge on any atom is -0.466 e. The molecular weight excluding hydrogens is 378 g/mol. The number of halogens is 2. The van der Waals surface area contributed by atoms with E-state index in [0.29, 0.717) is 6.42 Å². The highest BCUT2D eigenvalue weighted by Crippen LogP contribution is 2.42. The van der Waals surface area contributed by atoms with E-state index in [0.717, 1.165) is 26.4 Å². The van der Waals surface area contributed by atoms with Crippen molar-refractivity contribution in [1.29, 1.82) is 0 Å². The van der Waals surface area contributed by atoms with Crippen LogP contribution >= 0.6 is 0 Å². The summed E-state index contributed by atoms with van der Waals surface area (Å²) in [4.78, 5) is 23.7. The normalized spacial score (nSPS) is 24.0. The Bertz CT molecular complexity index is 589. The zero-order valence-electron chi connectivity index (χ0n) is 17.9. The van der Waals surface area contributed by atoms with Crippen LogP contribution in [-0.4, -0.2) is 41.9 Å². The van der Waals surface area contributed by atoms with E-state index in [1.165, 1.54) is 19.3 Å². The molecule has 0 spiro atoms. The molecule has 3 atom stereocenters. The molecule has 1 aliphatic rings. The maximum atomic E-state index is 15.4. The Labute approximate surface area is 173 Å². The van der Waals surface area contributed by atoms with Crippen molar-refractivity contribution in [3.63, 3.8) is 0 Å². The van der Waals surface area contributed by atoms with E-state index in [4.69, 9.17) is 0 Å². The van der Waals surface area contributed by atoms with E-state index in [1.54, 1.807) is 12.2 Å². The lowest BCUT2D eigenvalue weighted by molar-refractivity contribution is -0.154. The summed E-state index contributed by atoms with van der Waals surface area (Å²) in [5, 5.41) is 9.19. The van der Waals surface area contributed by atoms with Gasteiger partial charge >= 0.3 is 5.97 Å². The van der Waals surface area contributed by atoms with Gasteiger partial charge < -0.3 is 9.84 Å². The van der Waals surface area contributed by atoms with Gasteiger partial charge in [0.25, 0.3) is 5.67 Å². The number of unbranched alkanes of at least 4 members (excludes halogenated alkanes) is 5. The zero-order chi connectivity index (χ0) is 21.9. The number of alkyl halides is 2. The molecule has 6 heteroatoms. The van der Waals surface area contributed by atoms with Crippen LogP contribution in [0.25, 0.3) is 0 Å². The van der Waals surface area contributed by atoms with Crippen LogP contribution in [0, 0.1) is 5.92 Å². The van der Waals surface area contributed by atoms with Crippen molar-refractivity contribution >= 4 is 11.8 Å². The summed E-state index contributed by atoms with van der Waals surface area (Å²) >= 11 is 0. The van der Waals surface area contributed by atoms with Gasteiger partial charge in [-0.15, -0.1) is 0 Å². The predicted molar refractivity (Wildman–Crippen MR) is 110 cm³/mol. The molecule has 1 rings (SSSR count).